The first-order valence-corrected chi connectivity index (χ1v) is 9.00. The zero-order chi connectivity index (χ0) is 20.1. The molecule has 1 aromatic carbocycles. The lowest BCUT2D eigenvalue weighted by Gasteiger charge is -2.25. The number of nitrogens with zero attached hydrogens (tertiary/aromatic N) is 1. The number of hydrogen-bond acceptors (Lipinski definition) is 5. The van der Waals surface area contributed by atoms with Gasteiger partial charge in [-0.2, -0.15) is 0 Å². The van der Waals surface area contributed by atoms with Gasteiger partial charge in [-0.05, 0) is 56.5 Å². The van der Waals surface area contributed by atoms with Gasteiger partial charge in [-0.1, -0.05) is 0 Å². The third-order valence-electron chi connectivity index (χ3n) is 4.46. The summed E-state index contributed by atoms with van der Waals surface area (Å²) in [5.41, 5.74) is 1.22. The molecule has 1 fully saturated rings. The molecule has 2 aromatic rings. The molecule has 0 spiro atoms. The predicted molar refractivity (Wildman–Crippen MR) is 101 cm³/mol. The molecular formula is C20H21N3O5. The fraction of sp³-hybridized carbons (Fsp3) is 0.300. The van der Waals surface area contributed by atoms with Gasteiger partial charge < -0.3 is 20.5 Å². The van der Waals surface area contributed by atoms with Gasteiger partial charge in [0.05, 0.1) is 0 Å². The summed E-state index contributed by atoms with van der Waals surface area (Å²) in [6, 6.07) is 8.38. The molecule has 3 rings (SSSR count). The van der Waals surface area contributed by atoms with Crippen molar-refractivity contribution in [2.24, 2.45) is 0 Å². The maximum atomic E-state index is 12.4. The number of carboxylic acid groups (broad SMARTS) is 1. The van der Waals surface area contributed by atoms with Crippen LogP contribution in [0.1, 0.15) is 46.9 Å². The molecule has 1 aliphatic rings. The Morgan fingerprint density at radius 2 is 1.82 bits per heavy atom. The van der Waals surface area contributed by atoms with E-state index in [1.807, 2.05) is 0 Å². The van der Waals surface area contributed by atoms with Crippen LogP contribution in [0.25, 0.3) is 0 Å². The summed E-state index contributed by atoms with van der Waals surface area (Å²) in [6.45, 7) is 1.38. The van der Waals surface area contributed by atoms with E-state index in [1.165, 1.54) is 25.3 Å². The summed E-state index contributed by atoms with van der Waals surface area (Å²) in [7, 11) is 0. The monoisotopic (exact) mass is 383 g/mol. The Morgan fingerprint density at radius 1 is 1.11 bits per heavy atom. The molecule has 1 atom stereocenters. The molecular weight excluding hydrogens is 362 g/mol. The van der Waals surface area contributed by atoms with Crippen molar-refractivity contribution in [2.45, 2.75) is 38.3 Å². The van der Waals surface area contributed by atoms with Crippen LogP contribution >= 0.6 is 0 Å². The second-order valence-electron chi connectivity index (χ2n) is 6.62. The van der Waals surface area contributed by atoms with Crippen LogP contribution in [-0.4, -0.2) is 40.0 Å². The van der Waals surface area contributed by atoms with E-state index in [0.29, 0.717) is 22.7 Å². The number of carboxylic acids is 1. The number of aromatic nitrogens is 1. The number of ether oxygens (including phenoxy) is 1. The van der Waals surface area contributed by atoms with Crippen molar-refractivity contribution in [1.29, 1.82) is 0 Å². The average Bonchev–Trinajstić information content (AvgIpc) is 2.65. The lowest BCUT2D eigenvalue weighted by Crippen LogP contribution is -2.38. The first-order valence-electron chi connectivity index (χ1n) is 9.00. The van der Waals surface area contributed by atoms with Crippen LogP contribution < -0.4 is 15.4 Å². The number of carbonyl (C=O) groups excluding carboxylic acids is 2. The minimum absolute atomic E-state index is 0.174. The van der Waals surface area contributed by atoms with Gasteiger partial charge in [0.2, 0.25) is 5.88 Å². The predicted octanol–water partition coefficient (Wildman–Crippen LogP) is 2.47. The van der Waals surface area contributed by atoms with Gasteiger partial charge in [0, 0.05) is 29.1 Å². The van der Waals surface area contributed by atoms with Gasteiger partial charge >= 0.3 is 5.97 Å². The lowest BCUT2D eigenvalue weighted by molar-refractivity contribution is -0.138. The summed E-state index contributed by atoms with van der Waals surface area (Å²) >= 11 is 0. The zero-order valence-electron chi connectivity index (χ0n) is 15.3. The van der Waals surface area contributed by atoms with Crippen LogP contribution in [0.4, 0.5) is 5.69 Å². The Kier molecular flexibility index (Phi) is 5.88. The molecule has 1 unspecified atom stereocenters. The van der Waals surface area contributed by atoms with Gasteiger partial charge in [-0.3, -0.25) is 14.4 Å². The molecule has 1 heterocycles. The smallest absolute Gasteiger partial charge is 0.325 e. The number of pyridine rings is 1. The number of benzene rings is 1. The summed E-state index contributed by atoms with van der Waals surface area (Å²) in [5, 5.41) is 13.9. The number of nitrogens with one attached hydrogen (secondary N) is 2. The molecule has 0 bridgehead atoms. The summed E-state index contributed by atoms with van der Waals surface area (Å²) in [6.07, 6.45) is 4.86. The number of carbonyl (C=O) groups is 3. The van der Waals surface area contributed by atoms with E-state index >= 15 is 0 Å². The highest BCUT2D eigenvalue weighted by Gasteiger charge is 2.20. The molecule has 28 heavy (non-hydrogen) atoms. The zero-order valence-corrected chi connectivity index (χ0v) is 15.3. The van der Waals surface area contributed by atoms with Crippen molar-refractivity contribution in [3.05, 3.63) is 53.7 Å². The highest BCUT2D eigenvalue weighted by Crippen LogP contribution is 2.24. The van der Waals surface area contributed by atoms with Crippen molar-refractivity contribution in [1.82, 2.24) is 10.3 Å². The third kappa shape index (κ3) is 4.85. The Morgan fingerprint density at radius 3 is 2.43 bits per heavy atom. The van der Waals surface area contributed by atoms with E-state index in [2.05, 4.69) is 15.6 Å². The van der Waals surface area contributed by atoms with Crippen LogP contribution in [0.15, 0.2) is 42.6 Å². The molecule has 1 aromatic heterocycles. The minimum atomic E-state index is -1.12. The van der Waals surface area contributed by atoms with Gasteiger partial charge in [-0.15, -0.1) is 0 Å². The van der Waals surface area contributed by atoms with E-state index in [4.69, 9.17) is 9.84 Å². The molecule has 0 aliphatic heterocycles. The van der Waals surface area contributed by atoms with Crippen LogP contribution in [0.3, 0.4) is 0 Å². The maximum absolute atomic E-state index is 12.4. The Hall–Kier alpha value is -3.42. The first kappa shape index (κ1) is 19.3. The average molecular weight is 383 g/mol. The van der Waals surface area contributed by atoms with Crippen LogP contribution in [0, 0.1) is 0 Å². The topological polar surface area (TPSA) is 118 Å². The quantitative estimate of drug-likeness (QED) is 0.676. The number of anilines is 1. The Labute approximate surface area is 161 Å². The lowest BCUT2D eigenvalue weighted by atomic mass is 9.96. The normalized spacial score (nSPS) is 14.5. The second-order valence-corrected chi connectivity index (χ2v) is 6.62. The number of rotatable bonds is 7. The van der Waals surface area contributed by atoms with Crippen LogP contribution in [0.5, 0.6) is 5.88 Å². The van der Waals surface area contributed by atoms with E-state index in [1.54, 1.807) is 24.3 Å². The molecule has 146 valence electrons. The molecule has 0 saturated heterocycles. The highest BCUT2D eigenvalue weighted by molar-refractivity contribution is 6.04. The van der Waals surface area contributed by atoms with E-state index < -0.39 is 17.9 Å². The molecule has 3 N–H and O–H groups in total. The minimum Gasteiger partial charge on any atom is -0.480 e. The van der Waals surface area contributed by atoms with Crippen molar-refractivity contribution in [3.63, 3.8) is 0 Å². The fourth-order valence-corrected chi connectivity index (χ4v) is 2.52. The van der Waals surface area contributed by atoms with E-state index in [0.717, 1.165) is 19.3 Å². The Balaban J connectivity index is 1.60. The SMILES string of the molecule is CC(NC(=O)c1ccc(NC(=O)c2ccnc(OC3CCC3)c2)cc1)C(=O)O. The Bertz CT molecular complexity index is 878. The van der Waals surface area contributed by atoms with Crippen LogP contribution in [0.2, 0.25) is 0 Å². The van der Waals surface area contributed by atoms with Crippen molar-refractivity contribution in [3.8, 4) is 5.88 Å². The molecule has 1 saturated carbocycles. The fourth-order valence-electron chi connectivity index (χ4n) is 2.52. The number of amides is 2. The summed E-state index contributed by atoms with van der Waals surface area (Å²) in [5.74, 6) is -1.51. The maximum Gasteiger partial charge on any atom is 0.325 e. The third-order valence-corrected chi connectivity index (χ3v) is 4.46. The van der Waals surface area contributed by atoms with Crippen molar-refractivity contribution in [2.75, 3.05) is 5.32 Å². The van der Waals surface area contributed by atoms with Crippen molar-refractivity contribution < 1.29 is 24.2 Å². The molecule has 1 aliphatic carbocycles. The summed E-state index contributed by atoms with van der Waals surface area (Å²) < 4.78 is 5.70. The molecule has 8 heteroatoms. The highest BCUT2D eigenvalue weighted by atomic mass is 16.5. The largest absolute Gasteiger partial charge is 0.480 e. The van der Waals surface area contributed by atoms with Crippen molar-refractivity contribution >= 4 is 23.5 Å². The number of hydrogen-bond donors (Lipinski definition) is 3. The van der Waals surface area contributed by atoms with E-state index in [-0.39, 0.29) is 12.0 Å². The van der Waals surface area contributed by atoms with Gasteiger partial charge in [0.25, 0.3) is 11.8 Å². The standard InChI is InChI=1S/C20H21N3O5/c1-12(20(26)27)22-18(24)13-5-7-15(8-6-13)23-19(25)14-9-10-21-17(11-14)28-16-3-2-4-16/h5-12,16H,2-4H2,1H3,(H,22,24)(H,23,25)(H,26,27). The molecule has 8 nitrogen and oxygen atoms in total. The molecule has 0 radical (unpaired) electrons. The summed E-state index contributed by atoms with van der Waals surface area (Å²) in [4.78, 5) is 39.4. The number of aliphatic carboxylic acids is 1. The van der Waals surface area contributed by atoms with Gasteiger partial charge in [0.1, 0.15) is 12.1 Å². The second kappa shape index (κ2) is 8.51. The first-order chi connectivity index (χ1) is 13.4. The molecule has 2 amide bonds. The van der Waals surface area contributed by atoms with E-state index in [9.17, 15) is 14.4 Å². The van der Waals surface area contributed by atoms with Crippen LogP contribution in [-0.2, 0) is 4.79 Å². The van der Waals surface area contributed by atoms with Gasteiger partial charge in [0.15, 0.2) is 0 Å². The van der Waals surface area contributed by atoms with Gasteiger partial charge in [-0.25, -0.2) is 4.98 Å².